The Bertz CT molecular complexity index is 562. The van der Waals surface area contributed by atoms with Gasteiger partial charge in [0.2, 0.25) is 0 Å². The lowest BCUT2D eigenvalue weighted by molar-refractivity contribution is -0.147. The molecular weight excluding hydrogens is 314 g/mol. The summed E-state index contributed by atoms with van der Waals surface area (Å²) in [6.45, 7) is 3.43. The van der Waals surface area contributed by atoms with E-state index in [1.165, 1.54) is 0 Å². The highest BCUT2D eigenvalue weighted by Gasteiger charge is 2.20. The van der Waals surface area contributed by atoms with Crippen molar-refractivity contribution < 1.29 is 28.6 Å². The van der Waals surface area contributed by atoms with Crippen molar-refractivity contribution in [1.82, 2.24) is 5.32 Å². The highest BCUT2D eigenvalue weighted by atomic mass is 16.6. The fraction of sp³-hybridized carbons (Fsp3) is 0.353. The highest BCUT2D eigenvalue weighted by molar-refractivity contribution is 6.13. The molecular formula is C17H21NO6. The molecule has 0 fully saturated rings. The number of hydrogen-bond donors (Lipinski definition) is 1. The summed E-state index contributed by atoms with van der Waals surface area (Å²) in [5, 5.41) is 2.56. The van der Waals surface area contributed by atoms with Crippen LogP contribution in [0.1, 0.15) is 19.4 Å². The Morgan fingerprint density at radius 2 is 1.54 bits per heavy atom. The average Bonchev–Trinajstić information content (AvgIpc) is 2.58. The maximum Gasteiger partial charge on any atom is 0.347 e. The molecule has 0 bridgehead atoms. The third-order valence-electron chi connectivity index (χ3n) is 2.73. The first-order valence-electron chi connectivity index (χ1n) is 7.55. The molecule has 0 saturated heterocycles. The van der Waals surface area contributed by atoms with Crippen LogP contribution in [0, 0.1) is 0 Å². The summed E-state index contributed by atoms with van der Waals surface area (Å²) in [7, 11) is 0. The molecule has 24 heavy (non-hydrogen) atoms. The first kappa shape index (κ1) is 19.2. The molecule has 0 atom stereocenters. The standard InChI is InChI=1S/C17H21NO6/c1-3-22-16(20)14(17(21)23-4-2)10-18-11-15(19)24-12-13-8-6-5-7-9-13/h5-10,18H,3-4,11-12H2,1-2H3. The Morgan fingerprint density at radius 1 is 0.958 bits per heavy atom. The van der Waals surface area contributed by atoms with E-state index in [0.29, 0.717) is 0 Å². The van der Waals surface area contributed by atoms with E-state index in [2.05, 4.69) is 5.32 Å². The average molecular weight is 335 g/mol. The van der Waals surface area contributed by atoms with Crippen LogP contribution in [-0.2, 0) is 35.2 Å². The SMILES string of the molecule is CCOC(=O)C(=CNCC(=O)OCc1ccccc1)C(=O)OCC. The Kier molecular flexibility index (Phi) is 8.67. The predicted octanol–water partition coefficient (Wildman–Crippen LogP) is 1.33. The van der Waals surface area contributed by atoms with Crippen molar-refractivity contribution in [3.05, 3.63) is 47.7 Å². The van der Waals surface area contributed by atoms with Crippen LogP contribution in [-0.4, -0.2) is 37.7 Å². The monoisotopic (exact) mass is 335 g/mol. The Labute approximate surface area is 140 Å². The number of benzene rings is 1. The van der Waals surface area contributed by atoms with Gasteiger partial charge in [-0.3, -0.25) is 4.79 Å². The van der Waals surface area contributed by atoms with Crippen molar-refractivity contribution in [3.63, 3.8) is 0 Å². The fourth-order valence-electron chi connectivity index (χ4n) is 1.64. The van der Waals surface area contributed by atoms with E-state index in [0.717, 1.165) is 11.8 Å². The summed E-state index contributed by atoms with van der Waals surface area (Å²) in [5.74, 6) is -2.16. The molecule has 0 aliphatic carbocycles. The zero-order valence-corrected chi connectivity index (χ0v) is 13.7. The summed E-state index contributed by atoms with van der Waals surface area (Å²) in [5.41, 5.74) is 0.551. The van der Waals surface area contributed by atoms with Crippen LogP contribution in [0.15, 0.2) is 42.1 Å². The maximum absolute atomic E-state index is 11.7. The van der Waals surface area contributed by atoms with Crippen LogP contribution in [0.2, 0.25) is 0 Å². The van der Waals surface area contributed by atoms with Crippen LogP contribution in [0.4, 0.5) is 0 Å². The van der Waals surface area contributed by atoms with Crippen molar-refractivity contribution >= 4 is 17.9 Å². The second-order valence-corrected chi connectivity index (χ2v) is 4.53. The molecule has 0 spiro atoms. The van der Waals surface area contributed by atoms with Crippen molar-refractivity contribution in [2.75, 3.05) is 19.8 Å². The number of carbonyl (C=O) groups excluding carboxylic acids is 3. The van der Waals surface area contributed by atoms with Crippen molar-refractivity contribution in [1.29, 1.82) is 0 Å². The van der Waals surface area contributed by atoms with Gasteiger partial charge >= 0.3 is 17.9 Å². The minimum Gasteiger partial charge on any atom is -0.462 e. The van der Waals surface area contributed by atoms with Gasteiger partial charge in [0.1, 0.15) is 13.2 Å². The van der Waals surface area contributed by atoms with E-state index in [1.807, 2.05) is 30.3 Å². The molecule has 0 aromatic heterocycles. The van der Waals surface area contributed by atoms with Crippen molar-refractivity contribution in [3.8, 4) is 0 Å². The largest absolute Gasteiger partial charge is 0.462 e. The van der Waals surface area contributed by atoms with Gasteiger partial charge in [-0.1, -0.05) is 30.3 Å². The first-order valence-corrected chi connectivity index (χ1v) is 7.55. The van der Waals surface area contributed by atoms with Crippen LogP contribution >= 0.6 is 0 Å². The molecule has 0 saturated carbocycles. The predicted molar refractivity (Wildman–Crippen MR) is 85.6 cm³/mol. The lowest BCUT2D eigenvalue weighted by Gasteiger charge is -2.08. The quantitative estimate of drug-likeness (QED) is 0.239. The molecule has 0 heterocycles. The number of nitrogens with one attached hydrogen (secondary N) is 1. The zero-order valence-electron chi connectivity index (χ0n) is 13.7. The summed E-state index contributed by atoms with van der Waals surface area (Å²) >= 11 is 0. The van der Waals surface area contributed by atoms with Crippen molar-refractivity contribution in [2.24, 2.45) is 0 Å². The second kappa shape index (κ2) is 10.8. The molecule has 0 aliphatic rings. The molecule has 0 amide bonds. The van der Waals surface area contributed by atoms with Gasteiger partial charge < -0.3 is 19.5 Å². The fourth-order valence-corrected chi connectivity index (χ4v) is 1.64. The van der Waals surface area contributed by atoms with E-state index in [9.17, 15) is 14.4 Å². The van der Waals surface area contributed by atoms with E-state index in [4.69, 9.17) is 14.2 Å². The lowest BCUT2D eigenvalue weighted by atomic mass is 10.2. The number of hydrogen-bond acceptors (Lipinski definition) is 7. The smallest absolute Gasteiger partial charge is 0.347 e. The Hall–Kier alpha value is -2.83. The number of ether oxygens (including phenoxy) is 3. The minimum atomic E-state index is -0.818. The van der Waals surface area contributed by atoms with Gasteiger partial charge in [0.25, 0.3) is 0 Å². The third kappa shape index (κ3) is 6.95. The summed E-state index contributed by atoms with van der Waals surface area (Å²) in [6, 6.07) is 9.22. The molecule has 1 aromatic carbocycles. The molecule has 1 N–H and O–H groups in total. The summed E-state index contributed by atoms with van der Waals surface area (Å²) in [6.07, 6.45) is 1.10. The zero-order chi connectivity index (χ0) is 17.8. The van der Waals surface area contributed by atoms with Gasteiger partial charge in [-0.25, -0.2) is 9.59 Å². The highest BCUT2D eigenvalue weighted by Crippen LogP contribution is 2.02. The number of rotatable bonds is 9. The van der Waals surface area contributed by atoms with Crippen LogP contribution < -0.4 is 5.32 Å². The normalized spacial score (nSPS) is 9.58. The number of carbonyl (C=O) groups is 3. The third-order valence-corrected chi connectivity index (χ3v) is 2.73. The summed E-state index contributed by atoms with van der Waals surface area (Å²) < 4.78 is 14.6. The van der Waals surface area contributed by atoms with Crippen LogP contribution in [0.3, 0.4) is 0 Å². The second-order valence-electron chi connectivity index (χ2n) is 4.53. The summed E-state index contributed by atoms with van der Waals surface area (Å²) in [4.78, 5) is 35.0. The van der Waals surface area contributed by atoms with Gasteiger partial charge in [0.05, 0.1) is 13.2 Å². The molecule has 1 rings (SSSR count). The van der Waals surface area contributed by atoms with E-state index < -0.39 is 17.9 Å². The topological polar surface area (TPSA) is 90.9 Å². The molecule has 1 aromatic rings. The molecule has 130 valence electrons. The molecule has 0 unspecified atom stereocenters. The van der Waals surface area contributed by atoms with Gasteiger partial charge in [-0.15, -0.1) is 0 Å². The van der Waals surface area contributed by atoms with Gasteiger partial charge in [-0.05, 0) is 19.4 Å². The minimum absolute atomic E-state index is 0.120. The Morgan fingerprint density at radius 3 is 2.08 bits per heavy atom. The molecule has 7 nitrogen and oxygen atoms in total. The van der Waals surface area contributed by atoms with Gasteiger partial charge in [-0.2, -0.15) is 0 Å². The van der Waals surface area contributed by atoms with E-state index in [1.54, 1.807) is 13.8 Å². The molecule has 7 heteroatoms. The maximum atomic E-state index is 11.7. The van der Waals surface area contributed by atoms with Gasteiger partial charge in [0.15, 0.2) is 5.57 Å². The van der Waals surface area contributed by atoms with E-state index in [-0.39, 0.29) is 31.9 Å². The van der Waals surface area contributed by atoms with Crippen LogP contribution in [0.5, 0.6) is 0 Å². The Balaban J connectivity index is 2.51. The first-order chi connectivity index (χ1) is 11.6. The van der Waals surface area contributed by atoms with E-state index >= 15 is 0 Å². The number of esters is 3. The van der Waals surface area contributed by atoms with Gasteiger partial charge in [0, 0.05) is 6.20 Å². The van der Waals surface area contributed by atoms with Crippen molar-refractivity contribution in [2.45, 2.75) is 20.5 Å². The molecule has 0 aliphatic heterocycles. The molecule has 0 radical (unpaired) electrons. The van der Waals surface area contributed by atoms with Crippen LogP contribution in [0.25, 0.3) is 0 Å². The lowest BCUT2D eigenvalue weighted by Crippen LogP contribution is -2.25.